The number of nitrogens with zero attached hydrogens (tertiary/aromatic N) is 2. The number of ether oxygens (including phenoxy) is 3. The van der Waals surface area contributed by atoms with Gasteiger partial charge in [0.05, 0.1) is 23.0 Å². The number of carboxylic acid groups (broad SMARTS) is 1. The average Bonchev–Trinajstić information content (AvgIpc) is 2.65. The molecule has 11 nitrogen and oxygen atoms in total. The lowest BCUT2D eigenvalue weighted by atomic mass is 9.82. The molecule has 1 aliphatic heterocycles. The van der Waals surface area contributed by atoms with E-state index in [1.54, 1.807) is 6.92 Å². The van der Waals surface area contributed by atoms with Crippen LogP contribution < -0.4 is 10.5 Å². The first-order chi connectivity index (χ1) is 13.7. The van der Waals surface area contributed by atoms with E-state index >= 15 is 0 Å². The molecule has 0 bridgehead atoms. The number of carboxylic acids is 1. The summed E-state index contributed by atoms with van der Waals surface area (Å²) in [5.41, 5.74) is 5.15. The minimum Gasteiger partial charge on any atom is -0.482 e. The van der Waals surface area contributed by atoms with E-state index in [1.807, 2.05) is 6.07 Å². The highest BCUT2D eigenvalue weighted by molar-refractivity contribution is 5.93. The molecule has 0 saturated heterocycles. The Kier molecular flexibility index (Phi) is 6.40. The van der Waals surface area contributed by atoms with E-state index in [1.165, 1.54) is 13.0 Å². The monoisotopic (exact) mass is 403 g/mol. The predicted molar refractivity (Wildman–Crippen MR) is 96.2 cm³/mol. The summed E-state index contributed by atoms with van der Waals surface area (Å²) >= 11 is 0. The number of hydrogen-bond acceptors (Lipinski definition) is 9. The van der Waals surface area contributed by atoms with Gasteiger partial charge < -0.3 is 25.1 Å². The summed E-state index contributed by atoms with van der Waals surface area (Å²) in [6.45, 7) is 2.29. The quantitative estimate of drug-likeness (QED) is 0.387. The third-order valence-corrected chi connectivity index (χ3v) is 3.97. The summed E-state index contributed by atoms with van der Waals surface area (Å²) in [6, 6.07) is 5.22. The number of aliphatic carboxylic acids is 1. The molecule has 1 aromatic rings. The van der Waals surface area contributed by atoms with Gasteiger partial charge in [-0.25, -0.2) is 9.59 Å². The van der Waals surface area contributed by atoms with Crippen molar-refractivity contribution in [2.75, 3.05) is 13.2 Å². The first kappa shape index (κ1) is 21.2. The number of nitrogens with two attached hydrogens (primary N) is 1. The zero-order chi connectivity index (χ0) is 21.7. The Labute approximate surface area is 164 Å². The second kappa shape index (κ2) is 8.75. The van der Waals surface area contributed by atoms with Crippen molar-refractivity contribution in [2.24, 2.45) is 5.73 Å². The number of allylic oxidation sites excluding steroid dienone is 2. The van der Waals surface area contributed by atoms with Crippen molar-refractivity contribution < 1.29 is 33.8 Å². The largest absolute Gasteiger partial charge is 0.482 e. The lowest BCUT2D eigenvalue weighted by Crippen LogP contribution is -2.26. The number of nitro groups is 1. The normalized spacial score (nSPS) is 16.0. The fourth-order valence-electron chi connectivity index (χ4n) is 2.81. The summed E-state index contributed by atoms with van der Waals surface area (Å²) in [6.07, 6.45) is 0. The van der Waals surface area contributed by atoms with Crippen LogP contribution in [0.1, 0.15) is 25.3 Å². The molecule has 0 aromatic heterocycles. The van der Waals surface area contributed by atoms with Gasteiger partial charge >= 0.3 is 11.9 Å². The van der Waals surface area contributed by atoms with Gasteiger partial charge in [0.15, 0.2) is 6.61 Å². The van der Waals surface area contributed by atoms with Gasteiger partial charge in [-0.1, -0.05) is 0 Å². The van der Waals surface area contributed by atoms with Gasteiger partial charge in [0.2, 0.25) is 5.88 Å². The van der Waals surface area contributed by atoms with Crippen molar-refractivity contribution in [1.29, 1.82) is 5.26 Å². The van der Waals surface area contributed by atoms with Crippen LogP contribution in [0, 0.1) is 21.4 Å². The minimum absolute atomic E-state index is 0.00523. The summed E-state index contributed by atoms with van der Waals surface area (Å²) in [5, 5.41) is 29.7. The van der Waals surface area contributed by atoms with E-state index in [0.29, 0.717) is 0 Å². The summed E-state index contributed by atoms with van der Waals surface area (Å²) in [5.74, 6) is -3.63. The number of hydrogen-bond donors (Lipinski definition) is 2. The Morgan fingerprint density at radius 3 is 2.69 bits per heavy atom. The Bertz CT molecular complexity index is 974. The smallest absolute Gasteiger partial charge is 0.341 e. The van der Waals surface area contributed by atoms with Crippen LogP contribution in [-0.4, -0.2) is 35.2 Å². The van der Waals surface area contributed by atoms with E-state index < -0.39 is 29.4 Å². The molecule has 0 spiro atoms. The average molecular weight is 403 g/mol. The lowest BCUT2D eigenvalue weighted by molar-refractivity contribution is -0.384. The molecule has 1 aromatic carbocycles. The number of esters is 1. The third kappa shape index (κ3) is 4.44. The number of benzene rings is 1. The number of nitro benzene ring substituents is 1. The second-order valence-corrected chi connectivity index (χ2v) is 5.78. The molecule has 3 N–H and O–H groups in total. The maximum Gasteiger partial charge on any atom is 0.341 e. The van der Waals surface area contributed by atoms with Crippen molar-refractivity contribution in [1.82, 2.24) is 0 Å². The number of nitriles is 1. The van der Waals surface area contributed by atoms with E-state index in [2.05, 4.69) is 0 Å². The van der Waals surface area contributed by atoms with Crippen molar-refractivity contribution in [3.8, 4) is 11.8 Å². The fourth-order valence-corrected chi connectivity index (χ4v) is 2.81. The lowest BCUT2D eigenvalue weighted by Gasteiger charge is -2.27. The highest BCUT2D eigenvalue weighted by Crippen LogP contribution is 2.44. The highest BCUT2D eigenvalue weighted by atomic mass is 16.6. The number of rotatable bonds is 7. The Morgan fingerprint density at radius 1 is 1.45 bits per heavy atom. The van der Waals surface area contributed by atoms with Crippen molar-refractivity contribution in [3.63, 3.8) is 0 Å². The first-order valence-corrected chi connectivity index (χ1v) is 8.29. The van der Waals surface area contributed by atoms with E-state index in [0.717, 1.165) is 12.1 Å². The van der Waals surface area contributed by atoms with Crippen LogP contribution in [0.4, 0.5) is 5.69 Å². The maximum atomic E-state index is 12.6. The molecule has 1 unspecified atom stereocenters. The molecule has 0 aliphatic carbocycles. The number of non-ortho nitro benzene ring substituents is 1. The van der Waals surface area contributed by atoms with Crippen LogP contribution in [0.5, 0.6) is 5.75 Å². The molecule has 2 rings (SSSR count). The van der Waals surface area contributed by atoms with Gasteiger partial charge in [0.25, 0.3) is 5.69 Å². The molecule has 11 heteroatoms. The Morgan fingerprint density at radius 2 is 2.14 bits per heavy atom. The molecular weight excluding hydrogens is 386 g/mol. The second-order valence-electron chi connectivity index (χ2n) is 5.78. The van der Waals surface area contributed by atoms with Gasteiger partial charge in [-0.2, -0.15) is 5.26 Å². The molecule has 29 heavy (non-hydrogen) atoms. The molecule has 0 amide bonds. The van der Waals surface area contributed by atoms with Gasteiger partial charge in [-0.15, -0.1) is 0 Å². The molecule has 1 heterocycles. The van der Waals surface area contributed by atoms with E-state index in [4.69, 9.17) is 25.1 Å². The Hall–Kier alpha value is -4.07. The molecule has 152 valence electrons. The van der Waals surface area contributed by atoms with E-state index in [-0.39, 0.29) is 46.4 Å². The van der Waals surface area contributed by atoms with Crippen molar-refractivity contribution >= 4 is 17.6 Å². The maximum absolute atomic E-state index is 12.6. The molecular formula is C18H17N3O8. The molecule has 0 saturated carbocycles. The van der Waals surface area contributed by atoms with E-state index in [9.17, 15) is 25.0 Å². The van der Waals surface area contributed by atoms with Gasteiger partial charge in [0.1, 0.15) is 23.2 Å². The minimum atomic E-state index is -1.28. The standard InChI is InChI=1S/C18H17N3O8/c1-3-27-18(24)15-9(2)29-17(20)12(7-19)16(15)11-6-10(21(25)26)4-5-13(11)28-8-14(22)23/h4-6,16H,3,8,20H2,1-2H3,(H,22,23). The zero-order valence-electron chi connectivity index (χ0n) is 15.5. The first-order valence-electron chi connectivity index (χ1n) is 8.29. The Balaban J connectivity index is 2.75. The van der Waals surface area contributed by atoms with Crippen LogP contribution in [-0.2, 0) is 19.1 Å². The SMILES string of the molecule is CCOC(=O)C1=C(C)OC(N)=C(C#N)C1c1cc([N+](=O)[O-])ccc1OCC(=O)O. The fraction of sp³-hybridized carbons (Fsp3) is 0.278. The third-order valence-electron chi connectivity index (χ3n) is 3.97. The summed E-state index contributed by atoms with van der Waals surface area (Å²) in [4.78, 5) is 34.0. The predicted octanol–water partition coefficient (Wildman–Crippen LogP) is 1.70. The number of carbonyl (C=O) groups excluding carboxylic acids is 1. The molecule has 0 fully saturated rings. The zero-order valence-corrected chi connectivity index (χ0v) is 15.5. The van der Waals surface area contributed by atoms with Gasteiger partial charge in [0, 0.05) is 17.7 Å². The van der Waals surface area contributed by atoms with Crippen molar-refractivity contribution in [3.05, 3.63) is 56.7 Å². The van der Waals surface area contributed by atoms with Gasteiger partial charge in [-0.3, -0.25) is 10.1 Å². The molecule has 0 radical (unpaired) electrons. The number of carbonyl (C=O) groups is 2. The molecule has 1 aliphatic rings. The topological polar surface area (TPSA) is 175 Å². The van der Waals surface area contributed by atoms with Crippen LogP contribution in [0.25, 0.3) is 0 Å². The van der Waals surface area contributed by atoms with Crippen LogP contribution in [0.3, 0.4) is 0 Å². The summed E-state index contributed by atoms with van der Waals surface area (Å²) < 4.78 is 15.5. The summed E-state index contributed by atoms with van der Waals surface area (Å²) in [7, 11) is 0. The van der Waals surface area contributed by atoms with Crippen molar-refractivity contribution in [2.45, 2.75) is 19.8 Å². The van der Waals surface area contributed by atoms with Crippen LogP contribution in [0.2, 0.25) is 0 Å². The highest BCUT2D eigenvalue weighted by Gasteiger charge is 2.38. The molecule has 1 atom stereocenters. The van der Waals surface area contributed by atoms with Crippen LogP contribution in [0.15, 0.2) is 41.0 Å². The van der Waals surface area contributed by atoms with Crippen LogP contribution >= 0.6 is 0 Å². The van der Waals surface area contributed by atoms with Gasteiger partial charge in [-0.05, 0) is 19.9 Å².